The van der Waals surface area contributed by atoms with Crippen LogP contribution in [0.15, 0.2) is 0 Å². The lowest BCUT2D eigenvalue weighted by atomic mass is 9.78. The van der Waals surface area contributed by atoms with Gasteiger partial charge in [-0.15, -0.1) is 0 Å². The zero-order chi connectivity index (χ0) is 8.32. The van der Waals surface area contributed by atoms with Crippen molar-refractivity contribution in [3.05, 3.63) is 0 Å². The van der Waals surface area contributed by atoms with E-state index in [1.807, 2.05) is 0 Å². The number of hydrogen-bond acceptors (Lipinski definition) is 3. The Balaban J connectivity index is 2.49. The molecule has 4 N–H and O–H groups in total. The molecule has 1 aliphatic heterocycles. The van der Waals surface area contributed by atoms with Crippen LogP contribution in [0.25, 0.3) is 0 Å². The molecule has 0 amide bonds. The fourth-order valence-electron chi connectivity index (χ4n) is 1.65. The highest BCUT2D eigenvalue weighted by molar-refractivity contribution is 4.87. The maximum Gasteiger partial charge on any atom is 0.0728 e. The lowest BCUT2D eigenvalue weighted by Crippen LogP contribution is -2.48. The van der Waals surface area contributed by atoms with Crippen LogP contribution in [-0.4, -0.2) is 30.8 Å². The molecule has 2 atom stereocenters. The molecule has 1 rings (SSSR count). The second kappa shape index (κ2) is 3.52. The summed E-state index contributed by atoms with van der Waals surface area (Å²) in [4.78, 5) is 0. The van der Waals surface area contributed by atoms with Gasteiger partial charge in [0.25, 0.3) is 0 Å². The lowest BCUT2D eigenvalue weighted by Gasteiger charge is -2.37. The summed E-state index contributed by atoms with van der Waals surface area (Å²) in [6.07, 6.45) is 1.88. The minimum absolute atomic E-state index is 0.00694. The third-order valence-corrected chi connectivity index (χ3v) is 2.66. The highest BCUT2D eigenvalue weighted by atomic mass is 16.3. The number of hydrogen-bond donors (Lipinski definition) is 3. The van der Waals surface area contributed by atoms with Gasteiger partial charge in [0, 0.05) is 18.5 Å². The quantitative estimate of drug-likeness (QED) is 0.517. The summed E-state index contributed by atoms with van der Waals surface area (Å²) in [5.74, 6) is 0. The molecule has 1 heterocycles. The Labute approximate surface area is 68.0 Å². The van der Waals surface area contributed by atoms with Gasteiger partial charge in [-0.25, -0.2) is 0 Å². The van der Waals surface area contributed by atoms with Crippen LogP contribution in [0.3, 0.4) is 0 Å². The Hall–Kier alpha value is -0.120. The molecule has 0 radical (unpaired) electrons. The zero-order valence-electron chi connectivity index (χ0n) is 7.14. The van der Waals surface area contributed by atoms with E-state index in [2.05, 4.69) is 12.2 Å². The minimum atomic E-state index is -0.352. The standard InChI is InChI=1S/C8H18N2O/c1-8(7(11)5-9)3-2-4-10-6-8/h7,10-11H,2-6,9H2,1H3. The number of aliphatic hydroxyl groups is 1. The summed E-state index contributed by atoms with van der Waals surface area (Å²) >= 11 is 0. The Bertz CT molecular complexity index is 121. The van der Waals surface area contributed by atoms with Gasteiger partial charge >= 0.3 is 0 Å². The van der Waals surface area contributed by atoms with Gasteiger partial charge in [-0.2, -0.15) is 0 Å². The molecule has 2 unspecified atom stereocenters. The molecule has 0 spiro atoms. The van der Waals surface area contributed by atoms with Crippen LogP contribution >= 0.6 is 0 Å². The second-order valence-electron chi connectivity index (χ2n) is 3.69. The molecule has 0 aromatic rings. The van der Waals surface area contributed by atoms with E-state index in [0.717, 1.165) is 25.9 Å². The Morgan fingerprint density at radius 1 is 1.73 bits per heavy atom. The van der Waals surface area contributed by atoms with E-state index in [4.69, 9.17) is 5.73 Å². The molecule has 11 heavy (non-hydrogen) atoms. The second-order valence-corrected chi connectivity index (χ2v) is 3.69. The van der Waals surface area contributed by atoms with Gasteiger partial charge in [-0.05, 0) is 19.4 Å². The highest BCUT2D eigenvalue weighted by Gasteiger charge is 2.33. The van der Waals surface area contributed by atoms with Gasteiger partial charge in [-0.1, -0.05) is 6.92 Å². The van der Waals surface area contributed by atoms with E-state index in [0.29, 0.717) is 6.54 Å². The normalized spacial score (nSPS) is 35.2. The molecule has 0 saturated carbocycles. The SMILES string of the molecule is CC1(C(O)CN)CCCNC1. The van der Waals surface area contributed by atoms with Crippen molar-refractivity contribution in [3.63, 3.8) is 0 Å². The van der Waals surface area contributed by atoms with Crippen molar-refractivity contribution in [3.8, 4) is 0 Å². The summed E-state index contributed by atoms with van der Waals surface area (Å²) in [6, 6.07) is 0. The molecule has 0 bridgehead atoms. The molecule has 3 nitrogen and oxygen atoms in total. The topological polar surface area (TPSA) is 58.3 Å². The molecular weight excluding hydrogens is 140 g/mol. The number of piperidine rings is 1. The van der Waals surface area contributed by atoms with Crippen LogP contribution < -0.4 is 11.1 Å². The van der Waals surface area contributed by atoms with Crippen molar-refractivity contribution in [2.75, 3.05) is 19.6 Å². The van der Waals surface area contributed by atoms with E-state index in [1.165, 1.54) is 0 Å². The van der Waals surface area contributed by atoms with E-state index >= 15 is 0 Å². The van der Waals surface area contributed by atoms with Crippen molar-refractivity contribution in [2.24, 2.45) is 11.1 Å². The average Bonchev–Trinajstić information content (AvgIpc) is 2.04. The monoisotopic (exact) mass is 158 g/mol. The zero-order valence-corrected chi connectivity index (χ0v) is 7.14. The predicted molar refractivity (Wildman–Crippen MR) is 45.3 cm³/mol. The van der Waals surface area contributed by atoms with Crippen LogP contribution in [-0.2, 0) is 0 Å². The van der Waals surface area contributed by atoms with Crippen LogP contribution in [0.1, 0.15) is 19.8 Å². The lowest BCUT2D eigenvalue weighted by molar-refractivity contribution is 0.0262. The van der Waals surface area contributed by atoms with Gasteiger partial charge in [0.1, 0.15) is 0 Å². The molecule has 3 heteroatoms. The first-order valence-electron chi connectivity index (χ1n) is 4.28. The van der Waals surface area contributed by atoms with Crippen LogP contribution in [0, 0.1) is 5.41 Å². The first-order chi connectivity index (χ1) is 5.19. The van der Waals surface area contributed by atoms with Gasteiger partial charge in [0.05, 0.1) is 6.10 Å². The first-order valence-corrected chi connectivity index (χ1v) is 4.28. The molecule has 1 fully saturated rings. The van der Waals surface area contributed by atoms with Gasteiger partial charge < -0.3 is 16.2 Å². The Kier molecular flexibility index (Phi) is 2.87. The van der Waals surface area contributed by atoms with Gasteiger partial charge in [0.2, 0.25) is 0 Å². The Morgan fingerprint density at radius 3 is 2.91 bits per heavy atom. The maximum absolute atomic E-state index is 9.58. The van der Waals surface area contributed by atoms with Crippen molar-refractivity contribution in [1.82, 2.24) is 5.32 Å². The van der Waals surface area contributed by atoms with E-state index in [9.17, 15) is 5.11 Å². The molecule has 0 aromatic carbocycles. The van der Waals surface area contributed by atoms with Gasteiger partial charge in [-0.3, -0.25) is 0 Å². The summed E-state index contributed by atoms with van der Waals surface area (Å²) in [5.41, 5.74) is 5.42. The van der Waals surface area contributed by atoms with Crippen LogP contribution in [0.5, 0.6) is 0 Å². The molecule has 0 aromatic heterocycles. The minimum Gasteiger partial charge on any atom is -0.391 e. The summed E-state index contributed by atoms with van der Waals surface area (Å²) in [7, 11) is 0. The van der Waals surface area contributed by atoms with Crippen molar-refractivity contribution >= 4 is 0 Å². The molecular formula is C8H18N2O. The van der Waals surface area contributed by atoms with E-state index < -0.39 is 0 Å². The number of nitrogens with one attached hydrogen (secondary N) is 1. The third kappa shape index (κ3) is 1.92. The number of nitrogens with two attached hydrogens (primary N) is 1. The van der Waals surface area contributed by atoms with E-state index in [1.54, 1.807) is 0 Å². The van der Waals surface area contributed by atoms with Crippen molar-refractivity contribution < 1.29 is 5.11 Å². The van der Waals surface area contributed by atoms with Crippen molar-refractivity contribution in [2.45, 2.75) is 25.9 Å². The smallest absolute Gasteiger partial charge is 0.0728 e. The summed E-state index contributed by atoms with van der Waals surface area (Å²) in [5, 5.41) is 12.9. The largest absolute Gasteiger partial charge is 0.391 e. The van der Waals surface area contributed by atoms with Crippen LogP contribution in [0.4, 0.5) is 0 Å². The maximum atomic E-state index is 9.58. The van der Waals surface area contributed by atoms with Crippen LogP contribution in [0.2, 0.25) is 0 Å². The molecule has 66 valence electrons. The summed E-state index contributed by atoms with van der Waals surface area (Å²) in [6.45, 7) is 4.44. The van der Waals surface area contributed by atoms with Crippen molar-refractivity contribution in [1.29, 1.82) is 0 Å². The number of aliphatic hydroxyl groups excluding tert-OH is 1. The average molecular weight is 158 g/mol. The fraction of sp³-hybridized carbons (Fsp3) is 1.00. The van der Waals surface area contributed by atoms with Gasteiger partial charge in [0.15, 0.2) is 0 Å². The molecule has 0 aliphatic carbocycles. The number of rotatable bonds is 2. The first kappa shape index (κ1) is 8.97. The third-order valence-electron chi connectivity index (χ3n) is 2.66. The highest BCUT2D eigenvalue weighted by Crippen LogP contribution is 2.28. The van der Waals surface area contributed by atoms with E-state index in [-0.39, 0.29) is 11.5 Å². The summed E-state index contributed by atoms with van der Waals surface area (Å²) < 4.78 is 0. The molecule has 1 saturated heterocycles. The predicted octanol–water partition coefficient (Wildman–Crippen LogP) is -0.304. The molecule has 1 aliphatic rings. The Morgan fingerprint density at radius 2 is 2.45 bits per heavy atom. The fourth-order valence-corrected chi connectivity index (χ4v) is 1.65.